The lowest BCUT2D eigenvalue weighted by atomic mass is 10.1. The minimum atomic E-state index is -0.456. The van der Waals surface area contributed by atoms with E-state index in [-0.39, 0.29) is 5.82 Å². The quantitative estimate of drug-likeness (QED) is 0.295. The minimum absolute atomic E-state index is 0.315. The van der Waals surface area contributed by atoms with Gasteiger partial charge in [-0.2, -0.15) is 0 Å². The molecule has 0 saturated heterocycles. The number of hydrogen-bond acceptors (Lipinski definition) is 5. The molecule has 0 fully saturated rings. The number of benzene rings is 1. The summed E-state index contributed by atoms with van der Waals surface area (Å²) in [6.07, 6.45) is 1.65. The third-order valence-electron chi connectivity index (χ3n) is 2.57. The standard InChI is InChI=1S/C13H13FN4OS/c1-8-4-5-16-13(17-8)20-7-10-6-9(12(19)18-15)2-3-11(10)14/h2-6H,7,15H2,1H3,(H,18,19). The number of amides is 1. The highest BCUT2D eigenvalue weighted by Gasteiger charge is 2.10. The molecule has 20 heavy (non-hydrogen) atoms. The van der Waals surface area contributed by atoms with Crippen molar-refractivity contribution >= 4 is 17.7 Å². The minimum Gasteiger partial charge on any atom is -0.290 e. The summed E-state index contributed by atoms with van der Waals surface area (Å²) in [5, 5.41) is 0.568. The number of hydrogen-bond donors (Lipinski definition) is 2. The van der Waals surface area contributed by atoms with Crippen molar-refractivity contribution in [2.45, 2.75) is 17.8 Å². The number of thioether (sulfide) groups is 1. The van der Waals surface area contributed by atoms with Gasteiger partial charge in [0.1, 0.15) is 5.82 Å². The monoisotopic (exact) mass is 292 g/mol. The molecule has 5 nitrogen and oxygen atoms in total. The third-order valence-corrected chi connectivity index (χ3v) is 3.48. The number of hydrazine groups is 1. The average molecular weight is 292 g/mol. The van der Waals surface area contributed by atoms with E-state index in [0.29, 0.717) is 22.0 Å². The second-order valence-electron chi connectivity index (χ2n) is 4.05. The topological polar surface area (TPSA) is 80.9 Å². The van der Waals surface area contributed by atoms with Gasteiger partial charge >= 0.3 is 0 Å². The van der Waals surface area contributed by atoms with Crippen molar-refractivity contribution in [3.8, 4) is 0 Å². The molecule has 104 valence electrons. The van der Waals surface area contributed by atoms with Crippen molar-refractivity contribution in [3.63, 3.8) is 0 Å². The van der Waals surface area contributed by atoms with Crippen LogP contribution in [0, 0.1) is 12.7 Å². The highest BCUT2D eigenvalue weighted by molar-refractivity contribution is 7.98. The highest BCUT2D eigenvalue weighted by atomic mass is 32.2. The Morgan fingerprint density at radius 3 is 2.95 bits per heavy atom. The van der Waals surface area contributed by atoms with Crippen molar-refractivity contribution in [2.75, 3.05) is 0 Å². The normalized spacial score (nSPS) is 10.3. The van der Waals surface area contributed by atoms with Crippen molar-refractivity contribution in [2.24, 2.45) is 5.84 Å². The first-order chi connectivity index (χ1) is 9.60. The first-order valence-corrected chi connectivity index (χ1v) is 6.80. The number of carbonyl (C=O) groups is 1. The first kappa shape index (κ1) is 14.4. The van der Waals surface area contributed by atoms with E-state index in [4.69, 9.17) is 5.84 Å². The Morgan fingerprint density at radius 1 is 1.45 bits per heavy atom. The van der Waals surface area contributed by atoms with Gasteiger partial charge in [0, 0.05) is 23.2 Å². The van der Waals surface area contributed by atoms with E-state index in [2.05, 4.69) is 9.97 Å². The molecule has 0 unspecified atom stereocenters. The van der Waals surface area contributed by atoms with Crippen LogP contribution in [0.3, 0.4) is 0 Å². The molecule has 0 aliphatic heterocycles. The molecule has 0 aliphatic carbocycles. The summed E-state index contributed by atoms with van der Waals surface area (Å²) in [5.41, 5.74) is 3.58. The van der Waals surface area contributed by atoms with E-state index in [1.54, 1.807) is 12.3 Å². The maximum Gasteiger partial charge on any atom is 0.265 e. The second-order valence-corrected chi connectivity index (χ2v) is 4.99. The van der Waals surface area contributed by atoms with Gasteiger partial charge < -0.3 is 0 Å². The Labute approximate surface area is 119 Å². The summed E-state index contributed by atoms with van der Waals surface area (Å²) >= 11 is 1.30. The molecule has 2 rings (SSSR count). The zero-order chi connectivity index (χ0) is 14.5. The Balaban J connectivity index is 2.14. The predicted octanol–water partition coefficient (Wildman–Crippen LogP) is 1.82. The van der Waals surface area contributed by atoms with Crippen LogP contribution in [-0.2, 0) is 5.75 Å². The lowest BCUT2D eigenvalue weighted by Crippen LogP contribution is -2.30. The summed E-state index contributed by atoms with van der Waals surface area (Å²) in [6, 6.07) is 5.89. The fourth-order valence-corrected chi connectivity index (χ4v) is 2.40. The molecule has 1 aromatic heterocycles. The molecular weight excluding hydrogens is 279 g/mol. The van der Waals surface area contributed by atoms with Gasteiger partial charge in [0.2, 0.25) is 0 Å². The van der Waals surface area contributed by atoms with Crippen LogP contribution in [0.4, 0.5) is 4.39 Å². The molecule has 7 heteroatoms. The Bertz CT molecular complexity index is 636. The summed E-state index contributed by atoms with van der Waals surface area (Å²) in [5.74, 6) is 4.56. The zero-order valence-corrected chi connectivity index (χ0v) is 11.6. The van der Waals surface area contributed by atoms with Gasteiger partial charge in [0.05, 0.1) is 0 Å². The number of halogens is 1. The molecule has 3 N–H and O–H groups in total. The van der Waals surface area contributed by atoms with E-state index >= 15 is 0 Å². The van der Waals surface area contributed by atoms with Crippen LogP contribution in [0.15, 0.2) is 35.6 Å². The summed E-state index contributed by atoms with van der Waals surface area (Å²) in [4.78, 5) is 19.7. The predicted molar refractivity (Wildman–Crippen MR) is 74.4 cm³/mol. The molecule has 0 saturated carbocycles. The molecule has 0 spiro atoms. The lowest BCUT2D eigenvalue weighted by molar-refractivity contribution is 0.0953. The van der Waals surface area contributed by atoms with Gasteiger partial charge in [-0.3, -0.25) is 10.2 Å². The highest BCUT2D eigenvalue weighted by Crippen LogP contribution is 2.22. The van der Waals surface area contributed by atoms with Gasteiger partial charge in [0.15, 0.2) is 5.16 Å². The summed E-state index contributed by atoms with van der Waals surface area (Å²) in [7, 11) is 0. The molecule has 1 amide bonds. The van der Waals surface area contributed by atoms with Crippen molar-refractivity contribution in [1.82, 2.24) is 15.4 Å². The van der Waals surface area contributed by atoms with E-state index in [0.717, 1.165) is 5.69 Å². The molecular formula is C13H13FN4OS. The molecule has 1 aromatic carbocycles. The SMILES string of the molecule is Cc1ccnc(SCc2cc(C(=O)NN)ccc2F)n1. The number of rotatable bonds is 4. The fourth-order valence-electron chi connectivity index (χ4n) is 1.55. The number of nitrogen functional groups attached to an aromatic ring is 1. The number of nitrogens with two attached hydrogens (primary N) is 1. The molecule has 2 aromatic rings. The van der Waals surface area contributed by atoms with Gasteiger partial charge in [-0.25, -0.2) is 20.2 Å². The summed E-state index contributed by atoms with van der Waals surface area (Å²) < 4.78 is 13.7. The number of nitrogens with one attached hydrogen (secondary N) is 1. The lowest BCUT2D eigenvalue weighted by Gasteiger charge is -2.06. The van der Waals surface area contributed by atoms with E-state index in [1.165, 1.54) is 30.0 Å². The van der Waals surface area contributed by atoms with Crippen LogP contribution >= 0.6 is 11.8 Å². The van der Waals surface area contributed by atoms with Crippen molar-refractivity contribution in [3.05, 3.63) is 53.1 Å². The van der Waals surface area contributed by atoms with Crippen LogP contribution in [0.5, 0.6) is 0 Å². The summed E-state index contributed by atoms with van der Waals surface area (Å²) in [6.45, 7) is 1.86. The molecule has 0 atom stereocenters. The van der Waals surface area contributed by atoms with E-state index < -0.39 is 5.91 Å². The molecule has 0 aliphatic rings. The zero-order valence-electron chi connectivity index (χ0n) is 10.8. The fraction of sp³-hybridized carbons (Fsp3) is 0.154. The Morgan fingerprint density at radius 2 is 2.25 bits per heavy atom. The second kappa shape index (κ2) is 6.44. The van der Waals surface area contributed by atoms with Gasteiger partial charge in [-0.15, -0.1) is 0 Å². The van der Waals surface area contributed by atoms with E-state index in [1.807, 2.05) is 12.3 Å². The maximum atomic E-state index is 13.7. The molecule has 1 heterocycles. The number of carbonyl (C=O) groups excluding carboxylic acids is 1. The average Bonchev–Trinajstić information content (AvgIpc) is 2.45. The Hall–Kier alpha value is -1.99. The Kier molecular flexibility index (Phi) is 4.65. The van der Waals surface area contributed by atoms with Crippen LogP contribution in [0.1, 0.15) is 21.6 Å². The first-order valence-electron chi connectivity index (χ1n) is 5.82. The third kappa shape index (κ3) is 3.52. The molecule has 0 bridgehead atoms. The van der Waals surface area contributed by atoms with Crippen molar-refractivity contribution in [1.29, 1.82) is 0 Å². The van der Waals surface area contributed by atoms with Crippen LogP contribution < -0.4 is 11.3 Å². The van der Waals surface area contributed by atoms with E-state index in [9.17, 15) is 9.18 Å². The number of aromatic nitrogens is 2. The largest absolute Gasteiger partial charge is 0.290 e. The number of nitrogens with zero attached hydrogens (tertiary/aromatic N) is 2. The van der Waals surface area contributed by atoms with Crippen LogP contribution in [-0.4, -0.2) is 15.9 Å². The molecule has 0 radical (unpaired) electrons. The van der Waals surface area contributed by atoms with Gasteiger partial charge in [-0.05, 0) is 36.8 Å². The maximum absolute atomic E-state index is 13.7. The van der Waals surface area contributed by atoms with Crippen LogP contribution in [0.2, 0.25) is 0 Å². The van der Waals surface area contributed by atoms with Gasteiger partial charge in [-0.1, -0.05) is 11.8 Å². The van der Waals surface area contributed by atoms with Gasteiger partial charge in [0.25, 0.3) is 5.91 Å². The number of aryl methyl sites for hydroxylation is 1. The van der Waals surface area contributed by atoms with Crippen LogP contribution in [0.25, 0.3) is 0 Å². The van der Waals surface area contributed by atoms with Crippen molar-refractivity contribution < 1.29 is 9.18 Å². The smallest absolute Gasteiger partial charge is 0.265 e.